The van der Waals surface area contributed by atoms with Crippen molar-refractivity contribution < 1.29 is 8.78 Å². The van der Waals surface area contributed by atoms with Crippen molar-refractivity contribution in [2.45, 2.75) is 0 Å². The fourth-order valence-electron chi connectivity index (χ4n) is 2.15. The quantitative estimate of drug-likeness (QED) is 0.656. The Morgan fingerprint density at radius 1 is 0.750 bits per heavy atom. The van der Waals surface area contributed by atoms with Gasteiger partial charge in [0.2, 0.25) is 0 Å². The number of pyridine rings is 1. The van der Waals surface area contributed by atoms with E-state index in [2.05, 4.69) is 4.98 Å². The van der Waals surface area contributed by atoms with E-state index in [1.165, 1.54) is 6.07 Å². The van der Waals surface area contributed by atoms with Gasteiger partial charge in [0.1, 0.15) is 11.6 Å². The van der Waals surface area contributed by atoms with E-state index in [4.69, 9.17) is 0 Å². The van der Waals surface area contributed by atoms with Crippen LogP contribution >= 0.6 is 0 Å². The minimum absolute atomic E-state index is 0.171. The first-order valence-corrected chi connectivity index (χ1v) is 6.21. The third-order valence-electron chi connectivity index (χ3n) is 3.08. The van der Waals surface area contributed by atoms with Crippen molar-refractivity contribution in [1.29, 1.82) is 0 Å². The Hall–Kier alpha value is -2.55. The van der Waals surface area contributed by atoms with E-state index in [1.807, 2.05) is 36.4 Å². The van der Waals surface area contributed by atoms with Gasteiger partial charge in [-0.25, -0.2) is 8.78 Å². The van der Waals surface area contributed by atoms with Gasteiger partial charge in [0.25, 0.3) is 0 Å². The zero-order valence-corrected chi connectivity index (χ0v) is 10.6. The molecule has 0 aliphatic rings. The highest BCUT2D eigenvalue weighted by Crippen LogP contribution is 2.31. The fraction of sp³-hybridized carbons (Fsp3) is 0. The molecule has 3 aromatic rings. The summed E-state index contributed by atoms with van der Waals surface area (Å²) in [4.78, 5) is 4.22. The molecular formula is C17H11F2N. The normalized spacial score (nSPS) is 10.5. The molecule has 0 saturated carbocycles. The van der Waals surface area contributed by atoms with Crippen LogP contribution in [0, 0.1) is 11.6 Å². The highest BCUT2D eigenvalue weighted by Gasteiger charge is 2.13. The third-order valence-corrected chi connectivity index (χ3v) is 3.08. The van der Waals surface area contributed by atoms with Crippen LogP contribution in [-0.2, 0) is 0 Å². The average molecular weight is 267 g/mol. The summed E-state index contributed by atoms with van der Waals surface area (Å²) in [6.45, 7) is 0. The lowest BCUT2D eigenvalue weighted by Crippen LogP contribution is -1.92. The zero-order chi connectivity index (χ0) is 13.9. The Morgan fingerprint density at radius 3 is 2.35 bits per heavy atom. The molecule has 1 heterocycles. The van der Waals surface area contributed by atoms with Gasteiger partial charge in [0.05, 0.1) is 5.69 Å². The molecule has 0 saturated heterocycles. The Kier molecular flexibility index (Phi) is 3.25. The Balaban J connectivity index is 2.23. The second kappa shape index (κ2) is 5.21. The summed E-state index contributed by atoms with van der Waals surface area (Å²) >= 11 is 0. The van der Waals surface area contributed by atoms with Gasteiger partial charge in [-0.05, 0) is 29.8 Å². The number of benzene rings is 2. The molecule has 3 heteroatoms. The third kappa shape index (κ3) is 2.30. The van der Waals surface area contributed by atoms with Crippen LogP contribution < -0.4 is 0 Å². The highest BCUT2D eigenvalue weighted by atomic mass is 19.1. The lowest BCUT2D eigenvalue weighted by Gasteiger charge is -2.09. The summed E-state index contributed by atoms with van der Waals surface area (Å²) in [5.74, 6) is -0.964. The van der Waals surface area contributed by atoms with Crippen LogP contribution in [0.25, 0.3) is 22.4 Å². The van der Waals surface area contributed by atoms with Crippen molar-refractivity contribution in [1.82, 2.24) is 4.98 Å². The van der Waals surface area contributed by atoms with Gasteiger partial charge in [-0.3, -0.25) is 4.98 Å². The predicted molar refractivity (Wildman–Crippen MR) is 75.0 cm³/mol. The minimum atomic E-state index is -0.484. The van der Waals surface area contributed by atoms with Crippen LogP contribution in [0.1, 0.15) is 0 Å². The van der Waals surface area contributed by atoms with Crippen molar-refractivity contribution in [2.24, 2.45) is 0 Å². The van der Waals surface area contributed by atoms with Gasteiger partial charge < -0.3 is 0 Å². The molecule has 3 rings (SSSR count). The molecule has 1 aromatic heterocycles. The van der Waals surface area contributed by atoms with Crippen molar-refractivity contribution >= 4 is 0 Å². The number of hydrogen-bond donors (Lipinski definition) is 0. The minimum Gasteiger partial charge on any atom is -0.255 e. The molecule has 0 atom stereocenters. The topological polar surface area (TPSA) is 12.9 Å². The molecule has 98 valence electrons. The van der Waals surface area contributed by atoms with E-state index in [0.29, 0.717) is 5.69 Å². The number of halogens is 2. The molecule has 0 aliphatic carbocycles. The SMILES string of the molecule is Fc1ccc(F)c(-c2ncccc2-c2ccccc2)c1. The van der Waals surface area contributed by atoms with E-state index in [0.717, 1.165) is 23.3 Å². The van der Waals surface area contributed by atoms with Gasteiger partial charge in [0, 0.05) is 17.3 Å². The summed E-state index contributed by atoms with van der Waals surface area (Å²) in [7, 11) is 0. The Bertz CT molecular complexity index is 739. The summed E-state index contributed by atoms with van der Waals surface area (Å²) in [6, 6.07) is 16.5. The van der Waals surface area contributed by atoms with Crippen molar-refractivity contribution in [2.75, 3.05) is 0 Å². The van der Waals surface area contributed by atoms with Crippen LogP contribution in [0.15, 0.2) is 66.9 Å². The van der Waals surface area contributed by atoms with Crippen molar-refractivity contribution in [3.8, 4) is 22.4 Å². The monoisotopic (exact) mass is 267 g/mol. The summed E-state index contributed by atoms with van der Waals surface area (Å²) in [5.41, 5.74) is 2.30. The van der Waals surface area contributed by atoms with Crippen LogP contribution in [0.3, 0.4) is 0 Å². The second-order valence-corrected chi connectivity index (χ2v) is 4.39. The van der Waals surface area contributed by atoms with Gasteiger partial charge in [-0.1, -0.05) is 36.4 Å². The average Bonchev–Trinajstić information content (AvgIpc) is 2.51. The second-order valence-electron chi connectivity index (χ2n) is 4.39. The smallest absolute Gasteiger partial charge is 0.132 e. The van der Waals surface area contributed by atoms with Crippen LogP contribution in [-0.4, -0.2) is 4.98 Å². The maximum absolute atomic E-state index is 13.9. The summed E-state index contributed by atoms with van der Waals surface area (Å²) < 4.78 is 27.3. The number of rotatable bonds is 2. The van der Waals surface area contributed by atoms with E-state index in [-0.39, 0.29) is 5.56 Å². The standard InChI is InChI=1S/C17H11F2N/c18-13-8-9-16(19)15(11-13)17-14(7-4-10-20-17)12-5-2-1-3-6-12/h1-11H. The van der Waals surface area contributed by atoms with Gasteiger partial charge in [0.15, 0.2) is 0 Å². The first-order valence-electron chi connectivity index (χ1n) is 6.21. The lowest BCUT2D eigenvalue weighted by atomic mass is 9.99. The molecule has 0 spiro atoms. The largest absolute Gasteiger partial charge is 0.255 e. The molecule has 0 bridgehead atoms. The van der Waals surface area contributed by atoms with Crippen LogP contribution in [0.5, 0.6) is 0 Å². The molecule has 0 unspecified atom stereocenters. The molecule has 0 amide bonds. The van der Waals surface area contributed by atoms with E-state index >= 15 is 0 Å². The maximum atomic E-state index is 13.9. The molecule has 1 nitrogen and oxygen atoms in total. The number of nitrogens with zero attached hydrogens (tertiary/aromatic N) is 1. The summed E-state index contributed by atoms with van der Waals surface area (Å²) in [6.07, 6.45) is 1.58. The molecule has 20 heavy (non-hydrogen) atoms. The fourth-order valence-corrected chi connectivity index (χ4v) is 2.15. The number of hydrogen-bond acceptors (Lipinski definition) is 1. The van der Waals surface area contributed by atoms with Crippen molar-refractivity contribution in [3.05, 3.63) is 78.5 Å². The molecular weight excluding hydrogens is 256 g/mol. The van der Waals surface area contributed by atoms with Gasteiger partial charge in [-0.15, -0.1) is 0 Å². The predicted octanol–water partition coefficient (Wildman–Crippen LogP) is 4.69. The van der Waals surface area contributed by atoms with Gasteiger partial charge in [-0.2, -0.15) is 0 Å². The van der Waals surface area contributed by atoms with Crippen molar-refractivity contribution in [3.63, 3.8) is 0 Å². The maximum Gasteiger partial charge on any atom is 0.132 e. The molecule has 0 aliphatic heterocycles. The molecule has 0 N–H and O–H groups in total. The molecule has 2 aromatic carbocycles. The lowest BCUT2D eigenvalue weighted by molar-refractivity contribution is 0.602. The van der Waals surface area contributed by atoms with Gasteiger partial charge >= 0.3 is 0 Å². The Morgan fingerprint density at radius 2 is 1.55 bits per heavy atom. The van der Waals surface area contributed by atoms with E-state index in [1.54, 1.807) is 12.3 Å². The van der Waals surface area contributed by atoms with Crippen LogP contribution in [0.4, 0.5) is 8.78 Å². The number of aromatic nitrogens is 1. The molecule has 0 radical (unpaired) electrons. The van der Waals surface area contributed by atoms with E-state index in [9.17, 15) is 8.78 Å². The first kappa shape index (κ1) is 12.5. The van der Waals surface area contributed by atoms with E-state index < -0.39 is 11.6 Å². The summed E-state index contributed by atoms with van der Waals surface area (Å²) in [5, 5.41) is 0. The zero-order valence-electron chi connectivity index (χ0n) is 10.6. The Labute approximate surface area is 115 Å². The first-order chi connectivity index (χ1) is 9.75. The highest BCUT2D eigenvalue weighted by molar-refractivity contribution is 5.80. The molecule has 0 fully saturated rings. The van der Waals surface area contributed by atoms with Crippen LogP contribution in [0.2, 0.25) is 0 Å².